The van der Waals surface area contributed by atoms with Gasteiger partial charge in [-0.25, -0.2) is 13.1 Å². The average Bonchev–Trinajstić information content (AvgIpc) is 2.56. The molecule has 24 heavy (non-hydrogen) atoms. The van der Waals surface area contributed by atoms with Crippen molar-refractivity contribution < 1.29 is 13.2 Å². The number of hydrogen-bond acceptors (Lipinski definition) is 4. The molecular formula is C17H20INO3S2. The number of sulfonamides is 1. The summed E-state index contributed by atoms with van der Waals surface area (Å²) in [7, 11) is -1.92. The second-order valence-electron chi connectivity index (χ2n) is 5.23. The van der Waals surface area contributed by atoms with Crippen molar-refractivity contribution in [2.75, 3.05) is 19.4 Å². The Morgan fingerprint density at radius 3 is 2.50 bits per heavy atom. The van der Waals surface area contributed by atoms with E-state index in [9.17, 15) is 8.42 Å². The van der Waals surface area contributed by atoms with Gasteiger partial charge < -0.3 is 4.74 Å². The number of halogens is 1. The van der Waals surface area contributed by atoms with Crippen LogP contribution in [0.2, 0.25) is 0 Å². The molecule has 4 nitrogen and oxygen atoms in total. The first-order valence-corrected chi connectivity index (χ1v) is 11.1. The topological polar surface area (TPSA) is 55.4 Å². The third kappa shape index (κ3) is 5.65. The Morgan fingerprint density at radius 1 is 1.17 bits per heavy atom. The fraction of sp³-hybridized carbons (Fsp3) is 0.294. The van der Waals surface area contributed by atoms with E-state index in [1.807, 2.05) is 0 Å². The molecule has 0 aliphatic rings. The maximum Gasteiger partial charge on any atom is 0.240 e. The molecule has 7 heteroatoms. The van der Waals surface area contributed by atoms with Crippen molar-refractivity contribution in [3.8, 4) is 5.75 Å². The van der Waals surface area contributed by atoms with Crippen LogP contribution in [-0.2, 0) is 15.8 Å². The highest BCUT2D eigenvalue weighted by molar-refractivity contribution is 14.1. The van der Waals surface area contributed by atoms with Gasteiger partial charge in [-0.3, -0.25) is 0 Å². The Labute approximate surface area is 161 Å². The first kappa shape index (κ1) is 19.6. The maximum atomic E-state index is 12.3. The summed E-state index contributed by atoms with van der Waals surface area (Å²) >= 11 is 3.77. The van der Waals surface area contributed by atoms with Gasteiger partial charge in [-0.2, -0.15) is 11.8 Å². The molecule has 130 valence electrons. The molecule has 0 unspecified atom stereocenters. The largest absolute Gasteiger partial charge is 0.496 e. The fourth-order valence-corrected chi connectivity index (χ4v) is 4.97. The van der Waals surface area contributed by atoms with Crippen molar-refractivity contribution in [3.63, 3.8) is 0 Å². The summed E-state index contributed by atoms with van der Waals surface area (Å²) in [5, 5.41) is 0. The van der Waals surface area contributed by atoms with Gasteiger partial charge in [0.15, 0.2) is 0 Å². The van der Waals surface area contributed by atoms with Crippen molar-refractivity contribution in [3.05, 3.63) is 57.2 Å². The minimum absolute atomic E-state index is 0.260. The van der Waals surface area contributed by atoms with Crippen molar-refractivity contribution in [1.82, 2.24) is 4.72 Å². The van der Waals surface area contributed by atoms with Crippen molar-refractivity contribution >= 4 is 44.4 Å². The van der Waals surface area contributed by atoms with Crippen LogP contribution in [0.4, 0.5) is 0 Å². The minimum atomic E-state index is -3.48. The molecule has 0 aliphatic heterocycles. The molecule has 2 rings (SSSR count). The Bertz CT molecular complexity index is 777. The maximum absolute atomic E-state index is 12.3. The minimum Gasteiger partial charge on any atom is -0.496 e. The normalized spacial score (nSPS) is 11.5. The number of nitrogens with one attached hydrogen (secondary N) is 1. The lowest BCUT2D eigenvalue weighted by molar-refractivity contribution is 0.411. The van der Waals surface area contributed by atoms with Gasteiger partial charge in [-0.1, -0.05) is 29.8 Å². The number of aryl methyl sites for hydroxylation is 1. The predicted molar refractivity (Wildman–Crippen MR) is 108 cm³/mol. The summed E-state index contributed by atoms with van der Waals surface area (Å²) in [6, 6.07) is 13.2. The Balaban J connectivity index is 1.82. The van der Waals surface area contributed by atoms with Crippen LogP contribution in [0, 0.1) is 10.5 Å². The van der Waals surface area contributed by atoms with Crippen LogP contribution in [0.5, 0.6) is 5.75 Å². The van der Waals surface area contributed by atoms with E-state index in [4.69, 9.17) is 4.74 Å². The third-order valence-electron chi connectivity index (χ3n) is 3.36. The number of thioether (sulfide) groups is 1. The van der Waals surface area contributed by atoms with Gasteiger partial charge >= 0.3 is 0 Å². The SMILES string of the molecule is COc1ccc(S(=O)(=O)NCCSCc2ccc(C)cc2)cc1I. The van der Waals surface area contributed by atoms with E-state index in [1.54, 1.807) is 37.1 Å². The zero-order valence-electron chi connectivity index (χ0n) is 13.6. The van der Waals surface area contributed by atoms with E-state index in [0.717, 1.165) is 15.1 Å². The summed E-state index contributed by atoms with van der Waals surface area (Å²) in [4.78, 5) is 0.260. The smallest absolute Gasteiger partial charge is 0.240 e. The van der Waals surface area contributed by atoms with Gasteiger partial charge in [0.25, 0.3) is 0 Å². The predicted octanol–water partition coefficient (Wildman–Crippen LogP) is 3.82. The zero-order chi connectivity index (χ0) is 17.6. The molecular weight excluding hydrogens is 457 g/mol. The Morgan fingerprint density at radius 2 is 1.88 bits per heavy atom. The first-order valence-electron chi connectivity index (χ1n) is 7.39. The van der Waals surface area contributed by atoms with Crippen LogP contribution < -0.4 is 9.46 Å². The summed E-state index contributed by atoms with van der Waals surface area (Å²) in [5.41, 5.74) is 2.49. The van der Waals surface area contributed by atoms with Crippen LogP contribution in [0.15, 0.2) is 47.4 Å². The van der Waals surface area contributed by atoms with E-state index in [0.29, 0.717) is 12.3 Å². The van der Waals surface area contributed by atoms with E-state index in [1.165, 1.54) is 11.1 Å². The standard InChI is InChI=1S/C17H20INO3S2/c1-13-3-5-14(6-4-13)12-23-10-9-19-24(20,21)15-7-8-17(22-2)16(18)11-15/h3-8,11,19H,9-10,12H2,1-2H3. The molecule has 0 saturated carbocycles. The molecule has 0 bridgehead atoms. The van der Waals surface area contributed by atoms with Crippen LogP contribution in [-0.4, -0.2) is 27.8 Å². The highest BCUT2D eigenvalue weighted by atomic mass is 127. The number of benzene rings is 2. The monoisotopic (exact) mass is 477 g/mol. The number of hydrogen-bond donors (Lipinski definition) is 1. The zero-order valence-corrected chi connectivity index (χ0v) is 17.4. The Hall–Kier alpha value is -0.770. The van der Waals surface area contributed by atoms with Gasteiger partial charge in [-0.15, -0.1) is 0 Å². The van der Waals surface area contributed by atoms with Gasteiger partial charge in [0, 0.05) is 18.1 Å². The molecule has 0 saturated heterocycles. The van der Waals surface area contributed by atoms with E-state index in [2.05, 4.69) is 58.5 Å². The summed E-state index contributed by atoms with van der Waals surface area (Å²) in [6.07, 6.45) is 0. The molecule has 0 fully saturated rings. The number of ether oxygens (including phenoxy) is 1. The van der Waals surface area contributed by atoms with E-state index >= 15 is 0 Å². The second-order valence-corrected chi connectivity index (χ2v) is 9.27. The van der Waals surface area contributed by atoms with Gasteiger partial charge in [0.05, 0.1) is 15.6 Å². The molecule has 0 heterocycles. The summed E-state index contributed by atoms with van der Waals surface area (Å²) in [6.45, 7) is 2.47. The van der Waals surface area contributed by atoms with Gasteiger partial charge in [0.1, 0.15) is 5.75 Å². The van der Waals surface area contributed by atoms with Crippen molar-refractivity contribution in [2.24, 2.45) is 0 Å². The average molecular weight is 477 g/mol. The van der Waals surface area contributed by atoms with Crippen molar-refractivity contribution in [1.29, 1.82) is 0 Å². The first-order chi connectivity index (χ1) is 11.4. The quantitative estimate of drug-likeness (QED) is 0.464. The molecule has 0 atom stereocenters. The molecule has 2 aromatic carbocycles. The molecule has 1 N–H and O–H groups in total. The molecule has 2 aromatic rings. The third-order valence-corrected chi connectivity index (χ3v) is 6.69. The summed E-state index contributed by atoms with van der Waals surface area (Å²) in [5.74, 6) is 2.27. The van der Waals surface area contributed by atoms with Crippen LogP contribution >= 0.6 is 34.4 Å². The lowest BCUT2D eigenvalue weighted by Gasteiger charge is -2.09. The van der Waals surface area contributed by atoms with Crippen LogP contribution in [0.1, 0.15) is 11.1 Å². The molecule has 0 amide bonds. The fourth-order valence-electron chi connectivity index (χ4n) is 2.02. The van der Waals surface area contributed by atoms with Crippen LogP contribution in [0.25, 0.3) is 0 Å². The molecule has 0 aliphatic carbocycles. The van der Waals surface area contributed by atoms with Crippen LogP contribution in [0.3, 0.4) is 0 Å². The summed E-state index contributed by atoms with van der Waals surface area (Å²) < 4.78 is 33.1. The molecule has 0 spiro atoms. The van der Waals surface area contributed by atoms with Gasteiger partial charge in [0.2, 0.25) is 10.0 Å². The van der Waals surface area contributed by atoms with E-state index < -0.39 is 10.0 Å². The number of rotatable bonds is 8. The molecule has 0 aromatic heterocycles. The Kier molecular flexibility index (Phi) is 7.39. The lowest BCUT2D eigenvalue weighted by atomic mass is 10.2. The number of methoxy groups -OCH3 is 1. The molecule has 0 radical (unpaired) electrons. The van der Waals surface area contributed by atoms with Gasteiger partial charge in [-0.05, 0) is 53.3 Å². The second kappa shape index (κ2) is 9.07. The van der Waals surface area contributed by atoms with Crippen molar-refractivity contribution in [2.45, 2.75) is 17.6 Å². The highest BCUT2D eigenvalue weighted by Gasteiger charge is 2.15. The van der Waals surface area contributed by atoms with E-state index in [-0.39, 0.29) is 4.90 Å². The highest BCUT2D eigenvalue weighted by Crippen LogP contribution is 2.23. The lowest BCUT2D eigenvalue weighted by Crippen LogP contribution is -2.26.